The molecule has 6 nitrogen and oxygen atoms in total. The van der Waals surface area contributed by atoms with Gasteiger partial charge in [-0.1, -0.05) is 6.92 Å². The highest BCUT2D eigenvalue weighted by Crippen LogP contribution is 2.39. The predicted octanol–water partition coefficient (Wildman–Crippen LogP) is 2.13. The Bertz CT molecular complexity index is 561. The number of hydrogen-bond donors (Lipinski definition) is 3. The van der Waals surface area contributed by atoms with E-state index in [9.17, 15) is 10.2 Å². The Balaban J connectivity index is 2.30. The summed E-state index contributed by atoms with van der Waals surface area (Å²) in [6.45, 7) is 4.27. The smallest absolute Gasteiger partial charge is 0.200 e. The van der Waals surface area contributed by atoms with Crippen molar-refractivity contribution in [3.05, 3.63) is 29.3 Å². The monoisotopic (exact) mass is 279 g/mol. The molecule has 0 fully saturated rings. The molecule has 0 radical (unpaired) electrons. The third kappa shape index (κ3) is 2.51. The van der Waals surface area contributed by atoms with E-state index in [1.165, 1.54) is 4.57 Å². The zero-order valence-electron chi connectivity index (χ0n) is 12.1. The molecule has 0 bridgehead atoms. The SMILES string of the molecule is CCc1c(C(C)OC)c(O)n(CCc2cnc[nH]2)c1O. The molecule has 0 aromatic carbocycles. The van der Waals surface area contributed by atoms with E-state index in [-0.39, 0.29) is 17.9 Å². The third-order valence-electron chi connectivity index (χ3n) is 3.62. The van der Waals surface area contributed by atoms with E-state index in [1.807, 2.05) is 13.8 Å². The van der Waals surface area contributed by atoms with E-state index in [4.69, 9.17) is 4.74 Å². The molecule has 0 aliphatic carbocycles. The maximum Gasteiger partial charge on any atom is 0.200 e. The highest BCUT2D eigenvalue weighted by Gasteiger charge is 2.24. The number of ether oxygens (including phenoxy) is 1. The fraction of sp³-hybridized carbons (Fsp3) is 0.500. The molecular formula is C14H21N3O3. The molecule has 0 spiro atoms. The van der Waals surface area contributed by atoms with Gasteiger partial charge in [-0.2, -0.15) is 0 Å². The van der Waals surface area contributed by atoms with Gasteiger partial charge in [0.05, 0.1) is 12.4 Å². The first-order chi connectivity index (χ1) is 9.60. The highest BCUT2D eigenvalue weighted by atomic mass is 16.5. The van der Waals surface area contributed by atoms with Crippen LogP contribution in [0.2, 0.25) is 0 Å². The van der Waals surface area contributed by atoms with Crippen LogP contribution in [0.3, 0.4) is 0 Å². The van der Waals surface area contributed by atoms with E-state index in [1.54, 1.807) is 19.6 Å². The lowest BCUT2D eigenvalue weighted by Gasteiger charge is -2.10. The lowest BCUT2D eigenvalue weighted by atomic mass is 10.1. The Hall–Kier alpha value is -1.95. The maximum atomic E-state index is 10.3. The molecule has 0 saturated carbocycles. The van der Waals surface area contributed by atoms with Crippen molar-refractivity contribution in [2.24, 2.45) is 0 Å². The normalized spacial score (nSPS) is 12.8. The minimum absolute atomic E-state index is 0.0771. The summed E-state index contributed by atoms with van der Waals surface area (Å²) in [5.41, 5.74) is 2.36. The van der Waals surface area contributed by atoms with Gasteiger partial charge in [0.15, 0.2) is 11.8 Å². The lowest BCUT2D eigenvalue weighted by Crippen LogP contribution is -2.02. The van der Waals surface area contributed by atoms with Gasteiger partial charge in [-0.3, -0.25) is 4.57 Å². The van der Waals surface area contributed by atoms with E-state index in [0.29, 0.717) is 24.9 Å². The summed E-state index contributed by atoms with van der Waals surface area (Å²) in [6, 6.07) is 0. The minimum atomic E-state index is -0.260. The van der Waals surface area contributed by atoms with Crippen LogP contribution >= 0.6 is 0 Å². The average molecular weight is 279 g/mol. The Kier molecular flexibility index (Phi) is 4.34. The number of aromatic nitrogens is 3. The Morgan fingerprint density at radius 2 is 2.15 bits per heavy atom. The van der Waals surface area contributed by atoms with Gasteiger partial charge in [0, 0.05) is 43.1 Å². The number of aryl methyl sites for hydroxylation is 1. The number of methoxy groups -OCH3 is 1. The number of imidazole rings is 1. The maximum absolute atomic E-state index is 10.3. The van der Waals surface area contributed by atoms with Crippen molar-refractivity contribution in [2.75, 3.05) is 7.11 Å². The summed E-state index contributed by atoms with van der Waals surface area (Å²) in [4.78, 5) is 6.95. The van der Waals surface area contributed by atoms with Crippen molar-refractivity contribution in [3.63, 3.8) is 0 Å². The molecule has 20 heavy (non-hydrogen) atoms. The summed E-state index contributed by atoms with van der Waals surface area (Å²) in [5, 5.41) is 20.6. The van der Waals surface area contributed by atoms with Crippen molar-refractivity contribution in [1.29, 1.82) is 0 Å². The van der Waals surface area contributed by atoms with Gasteiger partial charge in [-0.05, 0) is 13.3 Å². The first-order valence-corrected chi connectivity index (χ1v) is 6.73. The molecule has 0 aliphatic rings. The van der Waals surface area contributed by atoms with Gasteiger partial charge in [-0.15, -0.1) is 0 Å². The van der Waals surface area contributed by atoms with Crippen LogP contribution in [0, 0.1) is 0 Å². The van der Waals surface area contributed by atoms with Crippen molar-refractivity contribution < 1.29 is 14.9 Å². The van der Waals surface area contributed by atoms with Crippen LogP contribution in [-0.2, 0) is 24.1 Å². The van der Waals surface area contributed by atoms with Crippen molar-refractivity contribution in [2.45, 2.75) is 39.3 Å². The number of aromatic hydroxyl groups is 2. The van der Waals surface area contributed by atoms with Crippen LogP contribution in [0.5, 0.6) is 11.8 Å². The van der Waals surface area contributed by atoms with Crippen LogP contribution < -0.4 is 0 Å². The minimum Gasteiger partial charge on any atom is -0.494 e. The molecule has 0 amide bonds. The van der Waals surface area contributed by atoms with E-state index < -0.39 is 0 Å². The zero-order chi connectivity index (χ0) is 14.7. The van der Waals surface area contributed by atoms with E-state index >= 15 is 0 Å². The number of hydrogen-bond acceptors (Lipinski definition) is 4. The van der Waals surface area contributed by atoms with Crippen LogP contribution in [0.4, 0.5) is 0 Å². The Morgan fingerprint density at radius 1 is 1.40 bits per heavy atom. The molecule has 2 aromatic rings. The van der Waals surface area contributed by atoms with Crippen LogP contribution in [0.1, 0.15) is 36.8 Å². The summed E-state index contributed by atoms with van der Waals surface area (Å²) in [6.07, 6.45) is 4.38. The molecule has 1 unspecified atom stereocenters. The molecule has 2 heterocycles. The molecule has 0 aliphatic heterocycles. The molecule has 6 heteroatoms. The summed E-state index contributed by atoms with van der Waals surface area (Å²) in [5.74, 6) is 0.191. The van der Waals surface area contributed by atoms with Crippen LogP contribution in [0.25, 0.3) is 0 Å². The largest absolute Gasteiger partial charge is 0.494 e. The number of nitrogens with one attached hydrogen (secondary N) is 1. The molecule has 0 saturated heterocycles. The standard InChI is InChI=1S/C14H21N3O3/c1-4-11-12(9(2)20-3)14(19)17(13(11)18)6-5-10-7-15-8-16-10/h7-9,18-19H,4-6H2,1-3H3,(H,15,16). The molecule has 1 atom stereocenters. The van der Waals surface area contributed by atoms with Crippen LogP contribution in [-0.4, -0.2) is 31.9 Å². The van der Waals surface area contributed by atoms with E-state index in [2.05, 4.69) is 9.97 Å². The number of rotatable bonds is 6. The van der Waals surface area contributed by atoms with E-state index in [0.717, 1.165) is 11.3 Å². The second-order valence-electron chi connectivity index (χ2n) is 4.75. The third-order valence-corrected chi connectivity index (χ3v) is 3.62. The molecule has 2 aromatic heterocycles. The van der Waals surface area contributed by atoms with Gasteiger partial charge in [-0.25, -0.2) is 4.98 Å². The molecule has 2 rings (SSSR count). The van der Waals surface area contributed by atoms with Gasteiger partial charge in [0.25, 0.3) is 0 Å². The van der Waals surface area contributed by atoms with Crippen molar-refractivity contribution >= 4 is 0 Å². The zero-order valence-corrected chi connectivity index (χ0v) is 12.1. The fourth-order valence-electron chi connectivity index (χ4n) is 2.42. The van der Waals surface area contributed by atoms with Gasteiger partial charge >= 0.3 is 0 Å². The second kappa shape index (κ2) is 6.00. The lowest BCUT2D eigenvalue weighted by molar-refractivity contribution is 0.116. The van der Waals surface area contributed by atoms with Gasteiger partial charge < -0.3 is 19.9 Å². The average Bonchev–Trinajstić information content (AvgIpc) is 3.03. The molecule has 110 valence electrons. The predicted molar refractivity (Wildman–Crippen MR) is 74.9 cm³/mol. The topological polar surface area (TPSA) is 83.3 Å². The number of nitrogens with zero attached hydrogens (tertiary/aromatic N) is 2. The van der Waals surface area contributed by atoms with Crippen LogP contribution in [0.15, 0.2) is 12.5 Å². The second-order valence-corrected chi connectivity index (χ2v) is 4.75. The van der Waals surface area contributed by atoms with Gasteiger partial charge in [0.1, 0.15) is 0 Å². The number of aromatic amines is 1. The Labute approximate surface area is 118 Å². The first kappa shape index (κ1) is 14.5. The quantitative estimate of drug-likeness (QED) is 0.756. The Morgan fingerprint density at radius 3 is 2.70 bits per heavy atom. The summed E-state index contributed by atoms with van der Waals surface area (Å²) >= 11 is 0. The molecule has 3 N–H and O–H groups in total. The number of H-pyrrole nitrogens is 1. The summed E-state index contributed by atoms with van der Waals surface area (Å²) < 4.78 is 6.80. The summed E-state index contributed by atoms with van der Waals surface area (Å²) in [7, 11) is 1.59. The fourth-order valence-corrected chi connectivity index (χ4v) is 2.42. The first-order valence-electron chi connectivity index (χ1n) is 6.73. The highest BCUT2D eigenvalue weighted by molar-refractivity contribution is 5.46. The van der Waals surface area contributed by atoms with Gasteiger partial charge in [0.2, 0.25) is 0 Å². The molecular weight excluding hydrogens is 258 g/mol. The van der Waals surface area contributed by atoms with Crippen molar-refractivity contribution in [1.82, 2.24) is 14.5 Å². The van der Waals surface area contributed by atoms with Crippen molar-refractivity contribution in [3.8, 4) is 11.8 Å².